The van der Waals surface area contributed by atoms with Crippen LogP contribution in [0.15, 0.2) is 41.5 Å². The van der Waals surface area contributed by atoms with Gasteiger partial charge in [0.25, 0.3) is 0 Å². The Morgan fingerprint density at radius 3 is 2.55 bits per heavy atom. The molecule has 0 bridgehead atoms. The van der Waals surface area contributed by atoms with Crippen LogP contribution in [0.5, 0.6) is 5.75 Å². The molecule has 4 N–H and O–H groups in total. The highest BCUT2D eigenvalue weighted by atomic mass is 35.5. The Balaban J connectivity index is 2.25. The number of rotatable bonds is 4. The zero-order chi connectivity index (χ0) is 14.5. The van der Waals surface area contributed by atoms with Crippen LogP contribution in [0.25, 0.3) is 0 Å². The lowest BCUT2D eigenvalue weighted by Crippen LogP contribution is -2.22. The van der Waals surface area contributed by atoms with E-state index < -0.39 is 0 Å². The molecule has 1 aromatic carbocycles. The van der Waals surface area contributed by atoms with Gasteiger partial charge in [-0.1, -0.05) is 41.4 Å². The van der Waals surface area contributed by atoms with Gasteiger partial charge in [-0.2, -0.15) is 4.99 Å². The third-order valence-electron chi connectivity index (χ3n) is 2.41. The van der Waals surface area contributed by atoms with Gasteiger partial charge in [0.05, 0.1) is 10.0 Å². The lowest BCUT2D eigenvalue weighted by Gasteiger charge is -2.10. The topological polar surface area (TPSA) is 86.5 Å². The Bertz CT molecular complexity index is 628. The third kappa shape index (κ3) is 3.53. The number of aromatic nitrogens is 1. The van der Waals surface area contributed by atoms with E-state index in [0.717, 1.165) is 0 Å². The van der Waals surface area contributed by atoms with Gasteiger partial charge in [-0.05, 0) is 12.1 Å². The molecule has 0 amide bonds. The molecule has 2 rings (SSSR count). The predicted molar refractivity (Wildman–Crippen MR) is 80.5 cm³/mol. The van der Waals surface area contributed by atoms with E-state index in [0.29, 0.717) is 16.3 Å². The number of hydrogen-bond acceptors (Lipinski definition) is 3. The molecule has 0 unspecified atom stereocenters. The molecule has 0 atom stereocenters. The van der Waals surface area contributed by atoms with Gasteiger partial charge >= 0.3 is 0 Å². The summed E-state index contributed by atoms with van der Waals surface area (Å²) >= 11 is 12.2. The van der Waals surface area contributed by atoms with Crippen molar-refractivity contribution in [1.82, 2.24) is 4.98 Å². The van der Waals surface area contributed by atoms with Crippen molar-refractivity contribution in [3.8, 4) is 5.75 Å². The number of aliphatic imine (C=N–C) groups is 1. The Morgan fingerprint density at radius 1 is 1.20 bits per heavy atom. The van der Waals surface area contributed by atoms with Gasteiger partial charge in [-0.15, -0.1) is 0 Å². The zero-order valence-electron chi connectivity index (χ0n) is 10.4. The van der Waals surface area contributed by atoms with Gasteiger partial charge in [0.2, 0.25) is 0 Å². The van der Waals surface area contributed by atoms with Gasteiger partial charge in [0, 0.05) is 11.8 Å². The number of guanidine groups is 1. The van der Waals surface area contributed by atoms with Crippen molar-refractivity contribution in [2.75, 3.05) is 0 Å². The molecule has 0 saturated carbocycles. The fraction of sp³-hybridized carbons (Fsp3) is 0.0769. The highest BCUT2D eigenvalue weighted by molar-refractivity contribution is 6.37. The molecule has 1 aromatic heterocycles. The molecule has 0 aliphatic carbocycles. The fourth-order valence-electron chi connectivity index (χ4n) is 1.50. The van der Waals surface area contributed by atoms with Crippen LogP contribution in [-0.2, 0) is 6.61 Å². The Morgan fingerprint density at radius 2 is 1.90 bits per heavy atom. The standard InChI is InChI=1S/C13H12Cl2N4O/c14-10-6-18-12(19-13(16)17)11(15)9(10)7-20-8-4-2-1-3-5-8/h1-6H,7H2,(H4,16,17,18,19). The quantitative estimate of drug-likeness (QED) is 0.671. The lowest BCUT2D eigenvalue weighted by molar-refractivity contribution is 0.306. The first kappa shape index (κ1) is 14.4. The van der Waals surface area contributed by atoms with Crippen molar-refractivity contribution in [3.05, 3.63) is 52.1 Å². The van der Waals surface area contributed by atoms with Crippen molar-refractivity contribution >= 4 is 35.0 Å². The molecule has 0 radical (unpaired) electrons. The summed E-state index contributed by atoms with van der Waals surface area (Å²) < 4.78 is 5.61. The summed E-state index contributed by atoms with van der Waals surface area (Å²) in [6.45, 7) is 0.192. The Kier molecular flexibility index (Phi) is 4.65. The first-order chi connectivity index (χ1) is 9.58. The maximum absolute atomic E-state index is 6.18. The number of benzene rings is 1. The fourth-order valence-corrected chi connectivity index (χ4v) is 1.99. The van der Waals surface area contributed by atoms with Crippen LogP contribution >= 0.6 is 23.2 Å². The largest absolute Gasteiger partial charge is 0.489 e. The predicted octanol–water partition coefficient (Wildman–Crippen LogP) is 2.87. The second kappa shape index (κ2) is 6.45. The van der Waals surface area contributed by atoms with Crippen molar-refractivity contribution < 1.29 is 4.74 Å². The maximum atomic E-state index is 6.18. The monoisotopic (exact) mass is 310 g/mol. The average Bonchev–Trinajstić information content (AvgIpc) is 2.43. The second-order valence-electron chi connectivity index (χ2n) is 3.86. The number of halogens is 2. The number of ether oxygens (including phenoxy) is 1. The first-order valence-electron chi connectivity index (χ1n) is 5.68. The van der Waals surface area contributed by atoms with Crippen LogP contribution in [0, 0.1) is 0 Å². The van der Waals surface area contributed by atoms with E-state index in [1.165, 1.54) is 6.20 Å². The Hall–Kier alpha value is -1.98. The summed E-state index contributed by atoms with van der Waals surface area (Å²) in [5.74, 6) is 0.791. The normalized spacial score (nSPS) is 10.1. The minimum atomic E-state index is -0.128. The summed E-state index contributed by atoms with van der Waals surface area (Å²) in [5, 5.41) is 0.655. The van der Waals surface area contributed by atoms with Gasteiger partial charge in [-0.3, -0.25) is 0 Å². The summed E-state index contributed by atoms with van der Waals surface area (Å²) in [7, 11) is 0. The van der Waals surface area contributed by atoms with E-state index in [-0.39, 0.29) is 23.4 Å². The van der Waals surface area contributed by atoms with Gasteiger partial charge in [-0.25, -0.2) is 4.98 Å². The molecular formula is C13H12Cl2N4O. The van der Waals surface area contributed by atoms with Crippen LogP contribution in [0.2, 0.25) is 10.0 Å². The van der Waals surface area contributed by atoms with Crippen LogP contribution in [-0.4, -0.2) is 10.9 Å². The van der Waals surface area contributed by atoms with E-state index in [1.54, 1.807) is 0 Å². The minimum Gasteiger partial charge on any atom is -0.489 e. The van der Waals surface area contributed by atoms with Crippen molar-refractivity contribution in [1.29, 1.82) is 0 Å². The van der Waals surface area contributed by atoms with E-state index in [4.69, 9.17) is 39.4 Å². The number of para-hydroxylation sites is 1. The molecule has 0 aliphatic rings. The lowest BCUT2D eigenvalue weighted by atomic mass is 10.2. The summed E-state index contributed by atoms with van der Waals surface area (Å²) in [5.41, 5.74) is 11.2. The van der Waals surface area contributed by atoms with Gasteiger partial charge in [0.1, 0.15) is 12.4 Å². The SMILES string of the molecule is NC(N)=Nc1ncc(Cl)c(COc2ccccc2)c1Cl. The van der Waals surface area contributed by atoms with E-state index in [1.807, 2.05) is 30.3 Å². The number of hydrogen-bond donors (Lipinski definition) is 2. The minimum absolute atomic E-state index is 0.128. The molecule has 0 saturated heterocycles. The van der Waals surface area contributed by atoms with Gasteiger partial charge in [0.15, 0.2) is 11.8 Å². The molecule has 0 fully saturated rings. The van der Waals surface area contributed by atoms with Crippen LogP contribution in [0.1, 0.15) is 5.56 Å². The molecule has 104 valence electrons. The maximum Gasteiger partial charge on any atom is 0.192 e. The highest BCUT2D eigenvalue weighted by Crippen LogP contribution is 2.32. The second-order valence-corrected chi connectivity index (χ2v) is 4.65. The molecule has 20 heavy (non-hydrogen) atoms. The number of nitrogens with two attached hydrogens (primary N) is 2. The molecular weight excluding hydrogens is 299 g/mol. The Labute approximate surface area is 126 Å². The molecule has 1 heterocycles. The van der Waals surface area contributed by atoms with Crippen molar-refractivity contribution in [3.63, 3.8) is 0 Å². The third-order valence-corrected chi connectivity index (χ3v) is 3.13. The van der Waals surface area contributed by atoms with Crippen molar-refractivity contribution in [2.45, 2.75) is 6.61 Å². The molecule has 0 aliphatic heterocycles. The number of pyridine rings is 1. The number of nitrogens with zero attached hydrogens (tertiary/aromatic N) is 2. The van der Waals surface area contributed by atoms with Crippen LogP contribution in [0.4, 0.5) is 5.82 Å². The van der Waals surface area contributed by atoms with Gasteiger partial charge < -0.3 is 16.2 Å². The van der Waals surface area contributed by atoms with Crippen LogP contribution in [0.3, 0.4) is 0 Å². The highest BCUT2D eigenvalue weighted by Gasteiger charge is 2.12. The smallest absolute Gasteiger partial charge is 0.192 e. The van der Waals surface area contributed by atoms with Crippen LogP contribution < -0.4 is 16.2 Å². The van der Waals surface area contributed by atoms with Crippen molar-refractivity contribution in [2.24, 2.45) is 16.5 Å². The molecule has 7 heteroatoms. The van der Waals surface area contributed by atoms with E-state index in [9.17, 15) is 0 Å². The first-order valence-corrected chi connectivity index (χ1v) is 6.44. The van der Waals surface area contributed by atoms with E-state index in [2.05, 4.69) is 9.98 Å². The molecule has 2 aromatic rings. The average molecular weight is 311 g/mol. The van der Waals surface area contributed by atoms with E-state index >= 15 is 0 Å². The summed E-state index contributed by atoms with van der Waals surface area (Å²) in [6, 6.07) is 9.31. The summed E-state index contributed by atoms with van der Waals surface area (Å²) in [6.07, 6.45) is 1.43. The zero-order valence-corrected chi connectivity index (χ0v) is 11.9. The molecule has 5 nitrogen and oxygen atoms in total. The molecule has 0 spiro atoms. The summed E-state index contributed by atoms with van der Waals surface area (Å²) in [4.78, 5) is 7.80.